The highest BCUT2D eigenvalue weighted by Crippen LogP contribution is 2.41. The summed E-state index contributed by atoms with van der Waals surface area (Å²) in [6.45, 7) is 0. The van der Waals surface area contributed by atoms with E-state index in [2.05, 4.69) is 6.07 Å². The Morgan fingerprint density at radius 2 is 2.07 bits per heavy atom. The molecule has 1 aliphatic carbocycles. The van der Waals surface area contributed by atoms with Crippen LogP contribution < -0.4 is 0 Å². The molecular formula is C12H12O2. The second kappa shape index (κ2) is 3.66. The quantitative estimate of drug-likeness (QED) is 0.740. The van der Waals surface area contributed by atoms with Crippen molar-refractivity contribution in [3.63, 3.8) is 0 Å². The molecule has 2 heteroatoms. The number of carboxylic acid groups (broad SMARTS) is 1. The largest absolute Gasteiger partial charge is 0.478 e. The minimum absolute atomic E-state index is 0.657. The van der Waals surface area contributed by atoms with Gasteiger partial charge < -0.3 is 5.11 Å². The smallest absolute Gasteiger partial charge is 0.328 e. The molecule has 1 aromatic rings. The topological polar surface area (TPSA) is 37.3 Å². The summed E-state index contributed by atoms with van der Waals surface area (Å²) in [5, 5.41) is 8.53. The summed E-state index contributed by atoms with van der Waals surface area (Å²) in [7, 11) is 0. The standard InChI is InChI=1S/C12H12O2/c13-12(14)8-7-9-3-1-2-4-11(9)10-5-6-10/h1-4,7-8,10H,5-6H2,(H,13,14). The first-order chi connectivity index (χ1) is 6.77. The Labute approximate surface area is 82.9 Å². The summed E-state index contributed by atoms with van der Waals surface area (Å²) in [5.74, 6) is -0.236. The van der Waals surface area contributed by atoms with Crippen LogP contribution in [0.15, 0.2) is 30.3 Å². The molecule has 0 amide bonds. The molecule has 0 radical (unpaired) electrons. The zero-order valence-electron chi connectivity index (χ0n) is 7.81. The lowest BCUT2D eigenvalue weighted by molar-refractivity contribution is -0.131. The number of benzene rings is 1. The molecule has 1 saturated carbocycles. The minimum atomic E-state index is -0.893. The van der Waals surface area contributed by atoms with E-state index in [0.717, 1.165) is 5.56 Å². The van der Waals surface area contributed by atoms with Crippen molar-refractivity contribution >= 4 is 12.0 Å². The maximum atomic E-state index is 10.4. The highest BCUT2D eigenvalue weighted by atomic mass is 16.4. The van der Waals surface area contributed by atoms with Crippen LogP contribution in [0, 0.1) is 0 Å². The minimum Gasteiger partial charge on any atom is -0.478 e. The molecule has 0 saturated heterocycles. The van der Waals surface area contributed by atoms with Crippen molar-refractivity contribution in [2.75, 3.05) is 0 Å². The summed E-state index contributed by atoms with van der Waals surface area (Å²) in [6.07, 6.45) is 5.34. The summed E-state index contributed by atoms with van der Waals surface area (Å²) in [5.41, 5.74) is 2.32. The van der Waals surface area contributed by atoms with Crippen LogP contribution in [0.3, 0.4) is 0 Å². The normalized spacial score (nSPS) is 16.0. The van der Waals surface area contributed by atoms with Gasteiger partial charge in [-0.1, -0.05) is 24.3 Å². The van der Waals surface area contributed by atoms with E-state index in [4.69, 9.17) is 5.11 Å². The zero-order valence-corrected chi connectivity index (χ0v) is 7.81. The van der Waals surface area contributed by atoms with Gasteiger partial charge in [-0.05, 0) is 36.0 Å². The molecule has 1 fully saturated rings. The molecule has 2 nitrogen and oxygen atoms in total. The zero-order chi connectivity index (χ0) is 9.97. The molecule has 2 rings (SSSR count). The number of rotatable bonds is 3. The van der Waals surface area contributed by atoms with Crippen molar-refractivity contribution in [2.24, 2.45) is 0 Å². The van der Waals surface area contributed by atoms with Gasteiger partial charge in [-0.15, -0.1) is 0 Å². The third kappa shape index (κ3) is 2.02. The summed E-state index contributed by atoms with van der Waals surface area (Å²) in [6, 6.07) is 7.99. The van der Waals surface area contributed by atoms with Gasteiger partial charge in [-0.2, -0.15) is 0 Å². The Balaban J connectivity index is 2.27. The maximum absolute atomic E-state index is 10.4. The lowest BCUT2D eigenvalue weighted by atomic mass is 10.0. The molecule has 1 aliphatic rings. The van der Waals surface area contributed by atoms with Gasteiger partial charge in [0.1, 0.15) is 0 Å². The van der Waals surface area contributed by atoms with E-state index in [-0.39, 0.29) is 0 Å². The van der Waals surface area contributed by atoms with Crippen LogP contribution in [-0.2, 0) is 4.79 Å². The van der Waals surface area contributed by atoms with E-state index in [1.807, 2.05) is 18.2 Å². The van der Waals surface area contributed by atoms with Gasteiger partial charge in [0.25, 0.3) is 0 Å². The van der Waals surface area contributed by atoms with Gasteiger partial charge in [0.05, 0.1) is 0 Å². The molecule has 0 aromatic heterocycles. The van der Waals surface area contributed by atoms with Crippen molar-refractivity contribution in [1.82, 2.24) is 0 Å². The van der Waals surface area contributed by atoms with Gasteiger partial charge in [-0.25, -0.2) is 4.79 Å². The van der Waals surface area contributed by atoms with E-state index >= 15 is 0 Å². The van der Waals surface area contributed by atoms with Crippen molar-refractivity contribution in [3.8, 4) is 0 Å². The summed E-state index contributed by atoms with van der Waals surface area (Å²) >= 11 is 0. The molecule has 0 spiro atoms. The summed E-state index contributed by atoms with van der Waals surface area (Å²) in [4.78, 5) is 10.4. The SMILES string of the molecule is O=C(O)C=Cc1ccccc1C1CC1. The van der Waals surface area contributed by atoms with E-state index < -0.39 is 5.97 Å². The van der Waals surface area contributed by atoms with Gasteiger partial charge in [0, 0.05) is 6.08 Å². The lowest BCUT2D eigenvalue weighted by Crippen LogP contribution is -1.88. The third-order valence-corrected chi connectivity index (χ3v) is 2.42. The Morgan fingerprint density at radius 1 is 1.36 bits per heavy atom. The number of hydrogen-bond acceptors (Lipinski definition) is 1. The van der Waals surface area contributed by atoms with E-state index in [1.54, 1.807) is 6.08 Å². The second-order valence-corrected chi connectivity index (χ2v) is 3.57. The first kappa shape index (κ1) is 9.00. The number of aliphatic carboxylic acids is 1. The lowest BCUT2D eigenvalue weighted by Gasteiger charge is -2.02. The van der Waals surface area contributed by atoms with Crippen LogP contribution in [0.1, 0.15) is 29.9 Å². The first-order valence-corrected chi connectivity index (χ1v) is 4.77. The van der Waals surface area contributed by atoms with Gasteiger partial charge >= 0.3 is 5.97 Å². The molecule has 1 N–H and O–H groups in total. The Morgan fingerprint density at radius 3 is 2.71 bits per heavy atom. The molecule has 0 unspecified atom stereocenters. The molecule has 0 atom stereocenters. The van der Waals surface area contributed by atoms with Crippen molar-refractivity contribution in [3.05, 3.63) is 41.5 Å². The van der Waals surface area contributed by atoms with E-state index in [1.165, 1.54) is 24.5 Å². The molecule has 0 heterocycles. The molecule has 0 aliphatic heterocycles. The second-order valence-electron chi connectivity index (χ2n) is 3.57. The predicted octanol–water partition coefficient (Wildman–Crippen LogP) is 2.66. The van der Waals surface area contributed by atoms with Crippen molar-refractivity contribution in [1.29, 1.82) is 0 Å². The van der Waals surface area contributed by atoms with Crippen molar-refractivity contribution in [2.45, 2.75) is 18.8 Å². The van der Waals surface area contributed by atoms with Crippen molar-refractivity contribution < 1.29 is 9.90 Å². The molecular weight excluding hydrogens is 176 g/mol. The fourth-order valence-corrected chi connectivity index (χ4v) is 1.59. The number of carboxylic acids is 1. The maximum Gasteiger partial charge on any atom is 0.328 e. The van der Waals surface area contributed by atoms with Crippen LogP contribution in [0.4, 0.5) is 0 Å². The van der Waals surface area contributed by atoms with Gasteiger partial charge in [0.2, 0.25) is 0 Å². The van der Waals surface area contributed by atoms with E-state index in [0.29, 0.717) is 5.92 Å². The number of carbonyl (C=O) groups is 1. The Bertz CT molecular complexity index is 376. The van der Waals surface area contributed by atoms with Gasteiger partial charge in [-0.3, -0.25) is 0 Å². The molecule has 1 aromatic carbocycles. The average Bonchev–Trinajstić information content (AvgIpc) is 2.98. The van der Waals surface area contributed by atoms with Crippen LogP contribution in [0.25, 0.3) is 6.08 Å². The highest BCUT2D eigenvalue weighted by molar-refractivity contribution is 5.85. The number of hydrogen-bond donors (Lipinski definition) is 1. The fourth-order valence-electron chi connectivity index (χ4n) is 1.59. The van der Waals surface area contributed by atoms with E-state index in [9.17, 15) is 4.79 Å². The third-order valence-electron chi connectivity index (χ3n) is 2.42. The van der Waals surface area contributed by atoms with Crippen LogP contribution >= 0.6 is 0 Å². The monoisotopic (exact) mass is 188 g/mol. The van der Waals surface area contributed by atoms with Crippen LogP contribution in [-0.4, -0.2) is 11.1 Å². The predicted molar refractivity (Wildman–Crippen MR) is 55.1 cm³/mol. The molecule has 72 valence electrons. The molecule has 0 bridgehead atoms. The Hall–Kier alpha value is -1.57. The van der Waals surface area contributed by atoms with Gasteiger partial charge in [0.15, 0.2) is 0 Å². The average molecular weight is 188 g/mol. The van der Waals surface area contributed by atoms with Crippen LogP contribution in [0.5, 0.6) is 0 Å². The first-order valence-electron chi connectivity index (χ1n) is 4.77. The van der Waals surface area contributed by atoms with Crippen LogP contribution in [0.2, 0.25) is 0 Å². The summed E-state index contributed by atoms with van der Waals surface area (Å²) < 4.78 is 0. The fraction of sp³-hybridized carbons (Fsp3) is 0.250. The Kier molecular flexibility index (Phi) is 2.35. The molecule has 14 heavy (non-hydrogen) atoms. The highest BCUT2D eigenvalue weighted by Gasteiger charge is 2.24.